The Labute approximate surface area is 97.9 Å². The highest BCUT2D eigenvalue weighted by Gasteiger charge is 2.00. The summed E-state index contributed by atoms with van der Waals surface area (Å²) in [4.78, 5) is 11.0. The first-order chi connectivity index (χ1) is 7.22. The van der Waals surface area contributed by atoms with E-state index in [0.717, 1.165) is 10.2 Å². The summed E-state index contributed by atoms with van der Waals surface area (Å²) >= 11 is 3.38. The second kappa shape index (κ2) is 6.45. The van der Waals surface area contributed by atoms with Gasteiger partial charge >= 0.3 is 5.97 Å². The van der Waals surface area contributed by atoms with Crippen LogP contribution < -0.4 is 5.32 Å². The van der Waals surface area contributed by atoms with Gasteiger partial charge in [-0.15, -0.1) is 0 Å². The Balaban J connectivity index is 2.28. The predicted octanol–water partition coefficient (Wildman–Crippen LogP) is 2.81. The largest absolute Gasteiger partial charge is 0.466 e. The minimum atomic E-state index is -0.167. The van der Waals surface area contributed by atoms with E-state index in [-0.39, 0.29) is 5.97 Å². The van der Waals surface area contributed by atoms with Crippen LogP contribution in [-0.2, 0) is 9.53 Å². The third kappa shape index (κ3) is 4.83. The topological polar surface area (TPSA) is 38.3 Å². The van der Waals surface area contributed by atoms with E-state index in [1.165, 1.54) is 0 Å². The van der Waals surface area contributed by atoms with E-state index in [1.807, 2.05) is 24.3 Å². The molecule has 0 aliphatic heterocycles. The van der Waals surface area contributed by atoms with Crippen LogP contribution in [0.2, 0.25) is 0 Å². The Hall–Kier alpha value is -1.03. The van der Waals surface area contributed by atoms with Gasteiger partial charge in [-0.25, -0.2) is 0 Å². The Kier molecular flexibility index (Phi) is 5.18. The molecule has 1 aromatic carbocycles. The number of esters is 1. The number of halogens is 1. The third-order valence-corrected chi connectivity index (χ3v) is 2.28. The number of anilines is 1. The molecule has 0 radical (unpaired) electrons. The van der Waals surface area contributed by atoms with Gasteiger partial charge in [0.1, 0.15) is 0 Å². The lowest BCUT2D eigenvalue weighted by Crippen LogP contribution is -2.11. The van der Waals surface area contributed by atoms with Gasteiger partial charge in [0, 0.05) is 16.7 Å². The summed E-state index contributed by atoms with van der Waals surface area (Å²) in [6.45, 7) is 2.84. The van der Waals surface area contributed by atoms with Crippen LogP contribution >= 0.6 is 15.9 Å². The molecular weight excluding hydrogens is 258 g/mol. The van der Waals surface area contributed by atoms with Crippen molar-refractivity contribution in [2.24, 2.45) is 0 Å². The van der Waals surface area contributed by atoms with Gasteiger partial charge in [0.25, 0.3) is 0 Å². The minimum absolute atomic E-state index is 0.167. The van der Waals surface area contributed by atoms with Crippen LogP contribution in [0.5, 0.6) is 0 Å². The molecule has 0 aliphatic carbocycles. The molecule has 0 heterocycles. The quantitative estimate of drug-likeness (QED) is 0.837. The Morgan fingerprint density at radius 3 is 3.00 bits per heavy atom. The van der Waals surface area contributed by atoms with Crippen LogP contribution in [0.25, 0.3) is 0 Å². The Morgan fingerprint density at radius 2 is 2.33 bits per heavy atom. The van der Waals surface area contributed by atoms with E-state index in [4.69, 9.17) is 4.74 Å². The predicted molar refractivity (Wildman–Crippen MR) is 63.9 cm³/mol. The summed E-state index contributed by atoms with van der Waals surface area (Å²) in [5.41, 5.74) is 0.994. The number of benzene rings is 1. The second-order valence-electron chi connectivity index (χ2n) is 2.99. The zero-order valence-corrected chi connectivity index (χ0v) is 10.2. The molecule has 0 unspecified atom stereocenters. The van der Waals surface area contributed by atoms with E-state index in [9.17, 15) is 4.79 Å². The maximum absolute atomic E-state index is 11.0. The van der Waals surface area contributed by atoms with Crippen molar-refractivity contribution in [1.82, 2.24) is 0 Å². The molecule has 0 spiro atoms. The van der Waals surface area contributed by atoms with E-state index < -0.39 is 0 Å². The van der Waals surface area contributed by atoms with Crippen LogP contribution in [0.3, 0.4) is 0 Å². The molecule has 0 saturated carbocycles. The number of ether oxygens (including phenoxy) is 1. The summed E-state index contributed by atoms with van der Waals surface area (Å²) in [6, 6.07) is 7.81. The molecule has 0 amide bonds. The van der Waals surface area contributed by atoms with E-state index >= 15 is 0 Å². The highest BCUT2D eigenvalue weighted by molar-refractivity contribution is 9.10. The number of nitrogens with one attached hydrogen (secondary N) is 1. The molecule has 0 aliphatic rings. The molecular formula is C11H14BrNO2. The fourth-order valence-corrected chi connectivity index (χ4v) is 1.54. The lowest BCUT2D eigenvalue weighted by molar-refractivity contribution is -0.142. The molecule has 1 aromatic rings. The molecule has 0 fully saturated rings. The van der Waals surface area contributed by atoms with Gasteiger partial charge in [0.05, 0.1) is 13.0 Å². The van der Waals surface area contributed by atoms with Crippen molar-refractivity contribution in [3.05, 3.63) is 28.7 Å². The van der Waals surface area contributed by atoms with Crippen molar-refractivity contribution in [3.63, 3.8) is 0 Å². The van der Waals surface area contributed by atoms with Crippen molar-refractivity contribution >= 4 is 27.6 Å². The summed E-state index contributed by atoms with van der Waals surface area (Å²) in [7, 11) is 0. The monoisotopic (exact) mass is 271 g/mol. The summed E-state index contributed by atoms with van der Waals surface area (Å²) in [5.74, 6) is -0.167. The van der Waals surface area contributed by atoms with Crippen LogP contribution in [0.15, 0.2) is 28.7 Å². The second-order valence-corrected chi connectivity index (χ2v) is 3.91. The average Bonchev–Trinajstić information content (AvgIpc) is 2.18. The van der Waals surface area contributed by atoms with Crippen LogP contribution in [0.4, 0.5) is 5.69 Å². The molecule has 1 N–H and O–H groups in total. The first-order valence-electron chi connectivity index (χ1n) is 4.87. The van der Waals surface area contributed by atoms with E-state index in [0.29, 0.717) is 19.6 Å². The fourth-order valence-electron chi connectivity index (χ4n) is 1.14. The van der Waals surface area contributed by atoms with E-state index in [1.54, 1.807) is 6.92 Å². The summed E-state index contributed by atoms with van der Waals surface area (Å²) in [5, 5.41) is 3.14. The lowest BCUT2D eigenvalue weighted by Gasteiger charge is -2.06. The lowest BCUT2D eigenvalue weighted by atomic mass is 10.3. The molecule has 0 aromatic heterocycles. The molecule has 3 nitrogen and oxygen atoms in total. The number of carbonyl (C=O) groups excluding carboxylic acids is 1. The van der Waals surface area contributed by atoms with Gasteiger partial charge in [-0.05, 0) is 25.1 Å². The fraction of sp³-hybridized carbons (Fsp3) is 0.364. The molecule has 0 bridgehead atoms. The molecule has 0 atom stereocenters. The van der Waals surface area contributed by atoms with Crippen molar-refractivity contribution in [3.8, 4) is 0 Å². The molecule has 82 valence electrons. The minimum Gasteiger partial charge on any atom is -0.466 e. The SMILES string of the molecule is CCOC(=O)CCNc1cccc(Br)c1. The van der Waals surface area contributed by atoms with E-state index in [2.05, 4.69) is 21.2 Å². The summed E-state index contributed by atoms with van der Waals surface area (Å²) in [6.07, 6.45) is 0.389. The van der Waals surface area contributed by atoms with Gasteiger partial charge in [0.15, 0.2) is 0 Å². The maximum Gasteiger partial charge on any atom is 0.307 e. The first-order valence-corrected chi connectivity index (χ1v) is 5.66. The first kappa shape index (κ1) is 12.0. The van der Waals surface area contributed by atoms with Gasteiger partial charge in [-0.2, -0.15) is 0 Å². The highest BCUT2D eigenvalue weighted by Crippen LogP contribution is 2.15. The van der Waals surface area contributed by atoms with Gasteiger partial charge < -0.3 is 10.1 Å². The van der Waals surface area contributed by atoms with Crippen molar-refractivity contribution in [2.45, 2.75) is 13.3 Å². The molecule has 4 heteroatoms. The Bertz CT molecular complexity index is 328. The standard InChI is InChI=1S/C11H14BrNO2/c1-2-15-11(14)6-7-13-10-5-3-4-9(12)8-10/h3-5,8,13H,2,6-7H2,1H3. The number of rotatable bonds is 5. The number of hydrogen-bond acceptors (Lipinski definition) is 3. The zero-order valence-electron chi connectivity index (χ0n) is 8.63. The average molecular weight is 272 g/mol. The zero-order chi connectivity index (χ0) is 11.1. The van der Waals surface area contributed by atoms with Crippen LogP contribution in [0.1, 0.15) is 13.3 Å². The van der Waals surface area contributed by atoms with Crippen molar-refractivity contribution in [2.75, 3.05) is 18.5 Å². The molecule has 15 heavy (non-hydrogen) atoms. The molecule has 0 saturated heterocycles. The highest BCUT2D eigenvalue weighted by atomic mass is 79.9. The van der Waals surface area contributed by atoms with Gasteiger partial charge in [-0.1, -0.05) is 22.0 Å². The maximum atomic E-state index is 11.0. The van der Waals surface area contributed by atoms with Crippen molar-refractivity contribution < 1.29 is 9.53 Å². The van der Waals surface area contributed by atoms with Gasteiger partial charge in [-0.3, -0.25) is 4.79 Å². The smallest absolute Gasteiger partial charge is 0.307 e. The van der Waals surface area contributed by atoms with Crippen molar-refractivity contribution in [1.29, 1.82) is 0 Å². The number of hydrogen-bond donors (Lipinski definition) is 1. The third-order valence-electron chi connectivity index (χ3n) is 1.79. The normalized spacial score (nSPS) is 9.73. The Morgan fingerprint density at radius 1 is 1.53 bits per heavy atom. The van der Waals surface area contributed by atoms with Crippen LogP contribution in [-0.4, -0.2) is 19.1 Å². The number of carbonyl (C=O) groups is 1. The van der Waals surface area contributed by atoms with Crippen LogP contribution in [0, 0.1) is 0 Å². The molecule has 1 rings (SSSR count). The van der Waals surface area contributed by atoms with Gasteiger partial charge in [0.2, 0.25) is 0 Å². The summed E-state index contributed by atoms with van der Waals surface area (Å²) < 4.78 is 5.83.